The highest BCUT2D eigenvalue weighted by Gasteiger charge is 2.13. The Morgan fingerprint density at radius 3 is 2.79 bits per heavy atom. The van der Waals surface area contributed by atoms with Crippen LogP contribution in [0.2, 0.25) is 0 Å². The summed E-state index contributed by atoms with van der Waals surface area (Å²) in [6.07, 6.45) is 3.25. The fourth-order valence-electron chi connectivity index (χ4n) is 1.85. The van der Waals surface area contributed by atoms with Crippen LogP contribution in [0.1, 0.15) is 0 Å². The number of nitrogens with zero attached hydrogens (tertiary/aromatic N) is 2. The van der Waals surface area contributed by atoms with Crippen molar-refractivity contribution in [3.05, 3.63) is 42.7 Å². The number of alkyl halides is 2. The van der Waals surface area contributed by atoms with Crippen LogP contribution in [0.5, 0.6) is 5.75 Å². The molecule has 0 radical (unpaired) electrons. The molecular weight excluding hydrogens is 252 g/mol. The monoisotopic (exact) mass is 261 g/mol. The molecule has 2 heterocycles. The molecule has 0 saturated heterocycles. The number of halogens is 2. The van der Waals surface area contributed by atoms with E-state index in [2.05, 4.69) is 19.7 Å². The molecular formula is C13H9F2N3O. The number of pyridine rings is 1. The zero-order valence-electron chi connectivity index (χ0n) is 9.68. The van der Waals surface area contributed by atoms with Gasteiger partial charge < -0.3 is 9.72 Å². The number of aromatic amines is 1. The molecule has 0 fully saturated rings. The zero-order chi connectivity index (χ0) is 13.2. The van der Waals surface area contributed by atoms with Crippen molar-refractivity contribution in [3.8, 4) is 17.1 Å². The van der Waals surface area contributed by atoms with E-state index in [1.165, 1.54) is 6.07 Å². The molecule has 0 amide bonds. The maximum atomic E-state index is 12.4. The Hall–Kier alpha value is -2.50. The minimum Gasteiger partial charge on any atom is -0.434 e. The number of imidazole rings is 1. The topological polar surface area (TPSA) is 50.8 Å². The van der Waals surface area contributed by atoms with E-state index < -0.39 is 6.61 Å². The van der Waals surface area contributed by atoms with Crippen LogP contribution in [0.25, 0.3) is 22.4 Å². The molecule has 1 aromatic carbocycles. The molecule has 4 nitrogen and oxygen atoms in total. The number of nitrogens with one attached hydrogen (secondary N) is 1. The lowest BCUT2D eigenvalue weighted by Crippen LogP contribution is -2.03. The Morgan fingerprint density at radius 2 is 2.00 bits per heavy atom. The van der Waals surface area contributed by atoms with E-state index in [1.807, 2.05) is 0 Å². The first kappa shape index (κ1) is 11.6. The molecule has 0 spiro atoms. The third-order valence-corrected chi connectivity index (χ3v) is 2.64. The average molecular weight is 261 g/mol. The normalized spacial score (nSPS) is 11.1. The Bertz CT molecular complexity index is 679. The lowest BCUT2D eigenvalue weighted by molar-refractivity contribution is -0.0494. The van der Waals surface area contributed by atoms with Crippen LogP contribution in [-0.4, -0.2) is 21.6 Å². The van der Waals surface area contributed by atoms with Gasteiger partial charge in [-0.05, 0) is 18.2 Å². The van der Waals surface area contributed by atoms with Crippen molar-refractivity contribution in [2.45, 2.75) is 6.61 Å². The number of para-hydroxylation sites is 1. The zero-order valence-corrected chi connectivity index (χ0v) is 9.68. The van der Waals surface area contributed by atoms with Crippen molar-refractivity contribution in [1.82, 2.24) is 15.0 Å². The number of fused-ring (bicyclic) bond motifs is 1. The van der Waals surface area contributed by atoms with Crippen molar-refractivity contribution in [3.63, 3.8) is 0 Å². The maximum Gasteiger partial charge on any atom is 0.387 e. The van der Waals surface area contributed by atoms with Crippen molar-refractivity contribution in [2.75, 3.05) is 0 Å². The second-order valence-corrected chi connectivity index (χ2v) is 3.85. The molecule has 96 valence electrons. The van der Waals surface area contributed by atoms with Crippen molar-refractivity contribution >= 4 is 11.0 Å². The second kappa shape index (κ2) is 4.64. The van der Waals surface area contributed by atoms with E-state index in [4.69, 9.17) is 0 Å². The predicted molar refractivity (Wildman–Crippen MR) is 66.0 cm³/mol. The fraction of sp³-hybridized carbons (Fsp3) is 0.0769. The van der Waals surface area contributed by atoms with Gasteiger partial charge >= 0.3 is 6.61 Å². The highest BCUT2D eigenvalue weighted by Crippen LogP contribution is 2.30. The average Bonchev–Trinajstić information content (AvgIpc) is 2.82. The van der Waals surface area contributed by atoms with Gasteiger partial charge in [0.15, 0.2) is 0 Å². The lowest BCUT2D eigenvalue weighted by Gasteiger charge is -2.08. The number of hydrogen-bond acceptors (Lipinski definition) is 3. The van der Waals surface area contributed by atoms with Gasteiger partial charge in [0.1, 0.15) is 11.6 Å². The van der Waals surface area contributed by atoms with Crippen molar-refractivity contribution < 1.29 is 13.5 Å². The van der Waals surface area contributed by atoms with Gasteiger partial charge in [0.25, 0.3) is 0 Å². The molecule has 19 heavy (non-hydrogen) atoms. The molecule has 0 aliphatic heterocycles. The summed E-state index contributed by atoms with van der Waals surface area (Å²) in [6, 6.07) is 8.26. The third-order valence-electron chi connectivity index (χ3n) is 2.64. The highest BCUT2D eigenvalue weighted by atomic mass is 19.3. The van der Waals surface area contributed by atoms with Crippen LogP contribution in [0.4, 0.5) is 8.78 Å². The van der Waals surface area contributed by atoms with Crippen LogP contribution < -0.4 is 4.74 Å². The molecule has 1 N–H and O–H groups in total. The van der Waals surface area contributed by atoms with Gasteiger partial charge in [-0.25, -0.2) is 4.98 Å². The summed E-state index contributed by atoms with van der Waals surface area (Å²) >= 11 is 0. The molecule has 3 rings (SSSR count). The standard InChI is InChI=1S/C13H9F2N3O/c14-13(15)19-11-4-2-1-3-8(11)12-17-9-5-6-16-7-10(9)18-12/h1-7,13H,(H,17,18). The maximum absolute atomic E-state index is 12.4. The van der Waals surface area contributed by atoms with Crippen LogP contribution in [0.3, 0.4) is 0 Å². The molecule has 6 heteroatoms. The number of aromatic nitrogens is 3. The van der Waals surface area contributed by atoms with E-state index in [0.717, 1.165) is 11.0 Å². The summed E-state index contributed by atoms with van der Waals surface area (Å²) in [5.74, 6) is 0.559. The van der Waals surface area contributed by atoms with E-state index in [9.17, 15) is 8.78 Å². The summed E-state index contributed by atoms with van der Waals surface area (Å²) in [5.41, 5.74) is 1.94. The summed E-state index contributed by atoms with van der Waals surface area (Å²) in [6.45, 7) is -2.87. The number of hydrogen-bond donors (Lipinski definition) is 1. The quantitative estimate of drug-likeness (QED) is 0.787. The number of H-pyrrole nitrogens is 1. The van der Waals surface area contributed by atoms with Crippen LogP contribution in [0.15, 0.2) is 42.7 Å². The van der Waals surface area contributed by atoms with Gasteiger partial charge in [0.2, 0.25) is 0 Å². The Balaban J connectivity index is 2.10. The largest absolute Gasteiger partial charge is 0.434 e. The minimum absolute atomic E-state index is 0.0875. The van der Waals surface area contributed by atoms with Crippen LogP contribution in [-0.2, 0) is 0 Å². The summed E-state index contributed by atoms with van der Waals surface area (Å²) in [7, 11) is 0. The molecule has 0 aliphatic rings. The van der Waals surface area contributed by atoms with Gasteiger partial charge in [-0.1, -0.05) is 12.1 Å². The van der Waals surface area contributed by atoms with Crippen LogP contribution in [0, 0.1) is 0 Å². The van der Waals surface area contributed by atoms with Crippen molar-refractivity contribution in [2.24, 2.45) is 0 Å². The van der Waals surface area contributed by atoms with Gasteiger partial charge in [-0.3, -0.25) is 4.98 Å². The van der Waals surface area contributed by atoms with Gasteiger partial charge in [-0.15, -0.1) is 0 Å². The first-order valence-electron chi connectivity index (χ1n) is 5.58. The summed E-state index contributed by atoms with van der Waals surface area (Å²) < 4.78 is 29.2. The number of benzene rings is 1. The van der Waals surface area contributed by atoms with Crippen molar-refractivity contribution in [1.29, 1.82) is 0 Å². The highest BCUT2D eigenvalue weighted by molar-refractivity contribution is 5.79. The first-order valence-corrected chi connectivity index (χ1v) is 5.58. The number of ether oxygens (including phenoxy) is 1. The lowest BCUT2D eigenvalue weighted by atomic mass is 10.2. The molecule has 3 aromatic rings. The summed E-state index contributed by atoms with van der Waals surface area (Å²) in [5, 5.41) is 0. The van der Waals surface area contributed by atoms with E-state index in [0.29, 0.717) is 11.4 Å². The second-order valence-electron chi connectivity index (χ2n) is 3.85. The number of rotatable bonds is 3. The smallest absolute Gasteiger partial charge is 0.387 e. The molecule has 2 aromatic heterocycles. The van der Waals surface area contributed by atoms with Gasteiger partial charge in [-0.2, -0.15) is 8.78 Å². The Morgan fingerprint density at radius 1 is 1.16 bits per heavy atom. The first-order chi connectivity index (χ1) is 9.24. The third kappa shape index (κ3) is 2.24. The van der Waals surface area contributed by atoms with E-state index in [-0.39, 0.29) is 5.75 Å². The Labute approximate surface area is 107 Å². The minimum atomic E-state index is -2.87. The molecule has 0 bridgehead atoms. The van der Waals surface area contributed by atoms with Crippen LogP contribution >= 0.6 is 0 Å². The molecule has 0 aliphatic carbocycles. The fourth-order valence-corrected chi connectivity index (χ4v) is 1.85. The summed E-state index contributed by atoms with van der Waals surface area (Å²) in [4.78, 5) is 11.3. The van der Waals surface area contributed by atoms with Gasteiger partial charge in [0, 0.05) is 6.20 Å². The predicted octanol–water partition coefficient (Wildman–Crippen LogP) is 3.23. The Kier molecular flexibility index (Phi) is 2.83. The molecule has 0 saturated carbocycles. The molecule has 0 atom stereocenters. The van der Waals surface area contributed by atoms with Gasteiger partial charge in [0.05, 0.1) is 22.8 Å². The van der Waals surface area contributed by atoms with E-state index >= 15 is 0 Å². The molecule has 0 unspecified atom stereocenters. The van der Waals surface area contributed by atoms with E-state index in [1.54, 1.807) is 36.7 Å². The SMILES string of the molecule is FC(F)Oc1ccccc1-c1nc2ccncc2[nH]1.